The molecule has 0 saturated heterocycles. The third kappa shape index (κ3) is 4.03. The third-order valence-electron chi connectivity index (χ3n) is 2.69. The highest BCUT2D eigenvalue weighted by Gasteiger charge is 2.16. The average molecular weight is 305 g/mol. The molecule has 1 aromatic heterocycles. The van der Waals surface area contributed by atoms with Gasteiger partial charge in [0.15, 0.2) is 10.8 Å². The van der Waals surface area contributed by atoms with E-state index in [0.29, 0.717) is 16.6 Å². The van der Waals surface area contributed by atoms with Crippen LogP contribution >= 0.6 is 11.3 Å². The molecule has 0 radical (unpaired) electrons. The molecule has 21 heavy (non-hydrogen) atoms. The average Bonchev–Trinajstić information content (AvgIpc) is 2.86. The Balaban J connectivity index is 1.92. The van der Waals surface area contributed by atoms with Crippen LogP contribution in [-0.4, -0.2) is 24.1 Å². The number of thiazole rings is 1. The number of carbonyl (C=O) groups is 2. The molecule has 0 saturated carbocycles. The molecule has 2 amide bonds. The lowest BCUT2D eigenvalue weighted by Crippen LogP contribution is -2.28. The fraction of sp³-hybridized carbons (Fsp3) is 0.214. The van der Waals surface area contributed by atoms with E-state index in [9.17, 15) is 9.59 Å². The van der Waals surface area contributed by atoms with Crippen LogP contribution in [0.15, 0.2) is 30.3 Å². The first kappa shape index (κ1) is 15.0. The van der Waals surface area contributed by atoms with E-state index in [1.807, 2.05) is 30.3 Å². The number of hydrogen-bond donors (Lipinski definition) is 2. The number of ether oxygens (including phenoxy) is 1. The number of rotatable bonds is 4. The Morgan fingerprint density at radius 3 is 2.67 bits per heavy atom. The van der Waals surface area contributed by atoms with Crippen molar-refractivity contribution in [2.45, 2.75) is 13.5 Å². The SMILES string of the molecule is COC(=O)c1nc(NC(=O)NCc2ccccc2)sc1C. The van der Waals surface area contributed by atoms with Crippen LogP contribution in [0, 0.1) is 6.92 Å². The fourth-order valence-electron chi connectivity index (χ4n) is 1.66. The van der Waals surface area contributed by atoms with Gasteiger partial charge in [0.25, 0.3) is 0 Å². The summed E-state index contributed by atoms with van der Waals surface area (Å²) in [5, 5.41) is 5.68. The highest BCUT2D eigenvalue weighted by atomic mass is 32.1. The summed E-state index contributed by atoms with van der Waals surface area (Å²) in [6, 6.07) is 9.19. The zero-order valence-corrected chi connectivity index (χ0v) is 12.5. The molecular weight excluding hydrogens is 290 g/mol. The Labute approximate surface area is 126 Å². The van der Waals surface area contributed by atoms with Crippen molar-refractivity contribution < 1.29 is 14.3 Å². The van der Waals surface area contributed by atoms with E-state index < -0.39 is 5.97 Å². The predicted molar refractivity (Wildman–Crippen MR) is 80.5 cm³/mol. The smallest absolute Gasteiger partial charge is 0.357 e. The first-order valence-electron chi connectivity index (χ1n) is 6.24. The van der Waals surface area contributed by atoms with Gasteiger partial charge in [-0.1, -0.05) is 30.3 Å². The van der Waals surface area contributed by atoms with Gasteiger partial charge in [0.05, 0.1) is 7.11 Å². The maximum Gasteiger partial charge on any atom is 0.357 e. The van der Waals surface area contributed by atoms with Gasteiger partial charge < -0.3 is 10.1 Å². The van der Waals surface area contributed by atoms with E-state index >= 15 is 0 Å². The van der Waals surface area contributed by atoms with E-state index in [1.165, 1.54) is 18.4 Å². The van der Waals surface area contributed by atoms with Crippen molar-refractivity contribution in [3.8, 4) is 0 Å². The molecule has 0 unspecified atom stereocenters. The van der Waals surface area contributed by atoms with E-state index in [0.717, 1.165) is 5.56 Å². The third-order valence-corrected chi connectivity index (χ3v) is 3.58. The van der Waals surface area contributed by atoms with Crippen molar-refractivity contribution in [3.05, 3.63) is 46.5 Å². The molecule has 110 valence electrons. The Hall–Kier alpha value is -2.41. The summed E-state index contributed by atoms with van der Waals surface area (Å²) < 4.78 is 4.62. The number of urea groups is 1. The number of aryl methyl sites for hydroxylation is 1. The summed E-state index contributed by atoms with van der Waals surface area (Å²) in [5.74, 6) is -0.513. The number of methoxy groups -OCH3 is 1. The Kier molecular flexibility index (Phi) is 4.89. The van der Waals surface area contributed by atoms with Gasteiger partial charge in [0.2, 0.25) is 0 Å². The second-order valence-corrected chi connectivity index (χ2v) is 5.41. The number of anilines is 1. The van der Waals surface area contributed by atoms with E-state index in [2.05, 4.69) is 20.4 Å². The number of nitrogens with zero attached hydrogens (tertiary/aromatic N) is 1. The Morgan fingerprint density at radius 1 is 1.29 bits per heavy atom. The number of amides is 2. The van der Waals surface area contributed by atoms with Crippen LogP contribution in [0.5, 0.6) is 0 Å². The minimum Gasteiger partial charge on any atom is -0.464 e. The lowest BCUT2D eigenvalue weighted by Gasteiger charge is -2.05. The summed E-state index contributed by atoms with van der Waals surface area (Å²) >= 11 is 1.22. The zero-order valence-electron chi connectivity index (χ0n) is 11.7. The standard InChI is InChI=1S/C14H15N3O3S/c1-9-11(12(18)20-2)16-14(21-9)17-13(19)15-8-10-6-4-3-5-7-10/h3-7H,8H2,1-2H3,(H2,15,16,17,19). The molecule has 0 aliphatic rings. The molecule has 2 rings (SSSR count). The fourth-order valence-corrected chi connectivity index (χ4v) is 2.45. The van der Waals surface area contributed by atoms with Crippen LogP contribution in [0.25, 0.3) is 0 Å². The maximum absolute atomic E-state index is 11.8. The molecule has 0 bridgehead atoms. The number of carbonyl (C=O) groups excluding carboxylic acids is 2. The van der Waals surface area contributed by atoms with Gasteiger partial charge >= 0.3 is 12.0 Å². The molecule has 2 aromatic rings. The summed E-state index contributed by atoms with van der Waals surface area (Å²) in [4.78, 5) is 28.0. The number of aromatic nitrogens is 1. The van der Waals surface area contributed by atoms with Crippen LogP contribution in [-0.2, 0) is 11.3 Å². The molecule has 2 N–H and O–H groups in total. The van der Waals surface area contributed by atoms with Gasteiger partial charge in [0, 0.05) is 11.4 Å². The van der Waals surface area contributed by atoms with Gasteiger partial charge in [-0.05, 0) is 12.5 Å². The molecule has 6 nitrogen and oxygen atoms in total. The van der Waals surface area contributed by atoms with Crippen molar-refractivity contribution in [1.29, 1.82) is 0 Å². The Bertz CT molecular complexity index is 640. The second-order valence-electron chi connectivity index (χ2n) is 4.21. The molecule has 7 heteroatoms. The minimum atomic E-state index is -0.513. The minimum absolute atomic E-state index is 0.223. The maximum atomic E-state index is 11.8. The molecule has 0 spiro atoms. The highest BCUT2D eigenvalue weighted by molar-refractivity contribution is 7.16. The van der Waals surface area contributed by atoms with Gasteiger partial charge in [-0.15, -0.1) is 11.3 Å². The molecule has 0 fully saturated rings. The van der Waals surface area contributed by atoms with E-state index in [-0.39, 0.29) is 11.7 Å². The summed E-state index contributed by atoms with van der Waals surface area (Å²) in [7, 11) is 1.29. The quantitative estimate of drug-likeness (QED) is 0.851. The number of nitrogens with one attached hydrogen (secondary N) is 2. The first-order chi connectivity index (χ1) is 10.1. The highest BCUT2D eigenvalue weighted by Crippen LogP contribution is 2.22. The summed E-state index contributed by atoms with van der Waals surface area (Å²) in [5.41, 5.74) is 1.22. The molecule has 1 aromatic carbocycles. The van der Waals surface area contributed by atoms with Crippen molar-refractivity contribution in [2.24, 2.45) is 0 Å². The predicted octanol–water partition coefficient (Wildman–Crippen LogP) is 2.56. The number of benzene rings is 1. The first-order valence-corrected chi connectivity index (χ1v) is 7.06. The number of hydrogen-bond acceptors (Lipinski definition) is 5. The second kappa shape index (κ2) is 6.85. The lowest BCUT2D eigenvalue weighted by molar-refractivity contribution is 0.0594. The monoisotopic (exact) mass is 305 g/mol. The number of esters is 1. The van der Waals surface area contributed by atoms with Crippen molar-refractivity contribution >= 4 is 28.5 Å². The molecule has 0 aliphatic heterocycles. The normalized spacial score (nSPS) is 10.0. The molecule has 0 aliphatic carbocycles. The van der Waals surface area contributed by atoms with Crippen LogP contribution in [0.1, 0.15) is 20.9 Å². The van der Waals surface area contributed by atoms with Gasteiger partial charge in [-0.3, -0.25) is 5.32 Å². The van der Waals surface area contributed by atoms with Gasteiger partial charge in [-0.25, -0.2) is 14.6 Å². The summed E-state index contributed by atoms with van der Waals surface area (Å²) in [6.45, 7) is 2.16. The van der Waals surface area contributed by atoms with Gasteiger partial charge in [0.1, 0.15) is 0 Å². The van der Waals surface area contributed by atoms with Gasteiger partial charge in [-0.2, -0.15) is 0 Å². The van der Waals surface area contributed by atoms with E-state index in [1.54, 1.807) is 6.92 Å². The zero-order chi connectivity index (χ0) is 15.2. The van der Waals surface area contributed by atoms with Crippen molar-refractivity contribution in [3.63, 3.8) is 0 Å². The van der Waals surface area contributed by atoms with E-state index in [4.69, 9.17) is 0 Å². The topological polar surface area (TPSA) is 80.3 Å². The van der Waals surface area contributed by atoms with Crippen molar-refractivity contribution in [2.75, 3.05) is 12.4 Å². The van der Waals surface area contributed by atoms with Crippen molar-refractivity contribution in [1.82, 2.24) is 10.3 Å². The molecular formula is C14H15N3O3S. The largest absolute Gasteiger partial charge is 0.464 e. The van der Waals surface area contributed by atoms with Crippen LogP contribution in [0.4, 0.5) is 9.93 Å². The van der Waals surface area contributed by atoms with Crippen LogP contribution in [0.2, 0.25) is 0 Å². The van der Waals surface area contributed by atoms with Crippen LogP contribution < -0.4 is 10.6 Å². The molecule has 0 atom stereocenters. The Morgan fingerprint density at radius 2 is 2.00 bits per heavy atom. The van der Waals surface area contributed by atoms with Crippen LogP contribution in [0.3, 0.4) is 0 Å². The molecule has 1 heterocycles. The summed E-state index contributed by atoms with van der Waals surface area (Å²) in [6.07, 6.45) is 0. The lowest BCUT2D eigenvalue weighted by atomic mass is 10.2.